The summed E-state index contributed by atoms with van der Waals surface area (Å²) in [4.78, 5) is 0. The number of aliphatic hydroxyl groups excluding tert-OH is 1. The fourth-order valence-corrected chi connectivity index (χ4v) is 2.19. The normalized spacial score (nSPS) is 13.0. The molecule has 0 spiro atoms. The van der Waals surface area contributed by atoms with E-state index in [0.717, 1.165) is 23.1 Å². The molecule has 0 bridgehead atoms. The van der Waals surface area contributed by atoms with Crippen molar-refractivity contribution in [3.63, 3.8) is 0 Å². The van der Waals surface area contributed by atoms with Crippen molar-refractivity contribution >= 4 is 0 Å². The van der Waals surface area contributed by atoms with Gasteiger partial charge in [-0.25, -0.2) is 0 Å². The molecular formula is C17H17F3O2. The number of benzene rings is 2. The molecule has 5 heteroatoms. The summed E-state index contributed by atoms with van der Waals surface area (Å²) in [6, 6.07) is 13.0. The van der Waals surface area contributed by atoms with Crippen molar-refractivity contribution < 1.29 is 23.0 Å². The molecule has 1 unspecified atom stereocenters. The molecule has 22 heavy (non-hydrogen) atoms. The lowest BCUT2D eigenvalue weighted by atomic mass is 10.00. The van der Waals surface area contributed by atoms with Gasteiger partial charge in [-0.3, -0.25) is 0 Å². The summed E-state index contributed by atoms with van der Waals surface area (Å²) in [6.45, 7) is 2.00. The van der Waals surface area contributed by atoms with E-state index in [0.29, 0.717) is 6.42 Å². The van der Waals surface area contributed by atoms with Crippen LogP contribution in [0.4, 0.5) is 13.2 Å². The first-order valence-corrected chi connectivity index (χ1v) is 7.03. The Bertz CT molecular complexity index is 589. The highest BCUT2D eigenvalue weighted by Crippen LogP contribution is 2.27. The molecule has 2 rings (SSSR count). The van der Waals surface area contributed by atoms with Crippen LogP contribution in [0.15, 0.2) is 48.5 Å². The highest BCUT2D eigenvalue weighted by molar-refractivity contribution is 5.64. The zero-order chi connectivity index (χ0) is 16.2. The van der Waals surface area contributed by atoms with Crippen molar-refractivity contribution in [2.24, 2.45) is 0 Å². The average molecular weight is 310 g/mol. The molecule has 0 saturated heterocycles. The van der Waals surface area contributed by atoms with E-state index in [1.807, 2.05) is 31.2 Å². The number of hydrogen-bond donors (Lipinski definition) is 1. The first kappa shape index (κ1) is 16.4. The average Bonchev–Trinajstić information content (AvgIpc) is 2.47. The monoisotopic (exact) mass is 310 g/mol. The second-order valence-electron chi connectivity index (χ2n) is 5.00. The van der Waals surface area contributed by atoms with E-state index in [-0.39, 0.29) is 5.75 Å². The lowest BCUT2D eigenvalue weighted by molar-refractivity contribution is -0.274. The van der Waals surface area contributed by atoms with Crippen LogP contribution in [-0.2, 0) is 0 Å². The van der Waals surface area contributed by atoms with Gasteiger partial charge >= 0.3 is 6.36 Å². The van der Waals surface area contributed by atoms with Crippen LogP contribution >= 0.6 is 0 Å². The third-order valence-electron chi connectivity index (χ3n) is 3.28. The van der Waals surface area contributed by atoms with Crippen LogP contribution in [0, 0.1) is 0 Å². The van der Waals surface area contributed by atoms with Gasteiger partial charge in [0.15, 0.2) is 0 Å². The number of aliphatic hydroxyl groups is 1. The maximum absolute atomic E-state index is 12.1. The van der Waals surface area contributed by atoms with E-state index in [1.165, 1.54) is 12.1 Å². The molecule has 1 N–H and O–H groups in total. The highest BCUT2D eigenvalue weighted by atomic mass is 19.4. The van der Waals surface area contributed by atoms with Gasteiger partial charge in [-0.15, -0.1) is 13.2 Å². The second-order valence-corrected chi connectivity index (χ2v) is 5.00. The van der Waals surface area contributed by atoms with Gasteiger partial charge in [0.05, 0.1) is 6.10 Å². The van der Waals surface area contributed by atoms with Crippen LogP contribution in [0.1, 0.15) is 31.4 Å². The highest BCUT2D eigenvalue weighted by Gasteiger charge is 2.30. The van der Waals surface area contributed by atoms with E-state index in [4.69, 9.17) is 0 Å². The van der Waals surface area contributed by atoms with Gasteiger partial charge in [0, 0.05) is 0 Å². The molecule has 2 aromatic rings. The third-order valence-corrected chi connectivity index (χ3v) is 3.28. The Morgan fingerprint density at radius 1 is 0.955 bits per heavy atom. The molecule has 0 aliphatic carbocycles. The quantitative estimate of drug-likeness (QED) is 0.834. The minimum absolute atomic E-state index is 0.244. The molecule has 2 nitrogen and oxygen atoms in total. The van der Waals surface area contributed by atoms with Gasteiger partial charge in [0.25, 0.3) is 0 Å². The first-order valence-electron chi connectivity index (χ1n) is 7.03. The van der Waals surface area contributed by atoms with Gasteiger partial charge in [-0.05, 0) is 35.2 Å². The summed E-state index contributed by atoms with van der Waals surface area (Å²) in [5, 5.41) is 9.90. The Labute approximate surface area is 127 Å². The predicted molar refractivity (Wildman–Crippen MR) is 78.4 cm³/mol. The van der Waals surface area contributed by atoms with Crippen LogP contribution < -0.4 is 4.74 Å². The van der Waals surface area contributed by atoms with Crippen LogP contribution in [-0.4, -0.2) is 11.5 Å². The molecule has 0 aliphatic heterocycles. The van der Waals surface area contributed by atoms with E-state index < -0.39 is 12.5 Å². The molecule has 118 valence electrons. The molecule has 0 fully saturated rings. The smallest absolute Gasteiger partial charge is 0.406 e. The maximum Gasteiger partial charge on any atom is 0.573 e. The number of alkyl halides is 3. The summed E-state index contributed by atoms with van der Waals surface area (Å²) in [7, 11) is 0. The summed E-state index contributed by atoms with van der Waals surface area (Å²) in [6.07, 6.45) is -3.58. The summed E-state index contributed by atoms with van der Waals surface area (Å²) < 4.78 is 40.1. The van der Waals surface area contributed by atoms with Gasteiger partial charge in [0.2, 0.25) is 0 Å². The number of ether oxygens (including phenoxy) is 1. The molecule has 0 aliphatic rings. The Balaban J connectivity index is 2.11. The summed E-state index contributed by atoms with van der Waals surface area (Å²) in [5.41, 5.74) is 2.49. The van der Waals surface area contributed by atoms with Crippen LogP contribution in [0.2, 0.25) is 0 Å². The molecule has 0 saturated carbocycles. The Morgan fingerprint density at radius 2 is 1.45 bits per heavy atom. The van der Waals surface area contributed by atoms with Gasteiger partial charge in [0.1, 0.15) is 5.75 Å². The van der Waals surface area contributed by atoms with Gasteiger partial charge in [-0.1, -0.05) is 49.7 Å². The first-order chi connectivity index (χ1) is 10.4. The predicted octanol–water partition coefficient (Wildman–Crippen LogP) is 5.09. The molecule has 0 aromatic heterocycles. The van der Waals surface area contributed by atoms with Crippen molar-refractivity contribution in [1.82, 2.24) is 0 Å². The van der Waals surface area contributed by atoms with Crippen molar-refractivity contribution in [2.45, 2.75) is 32.2 Å². The zero-order valence-electron chi connectivity index (χ0n) is 12.1. The molecule has 0 amide bonds. The molecular weight excluding hydrogens is 293 g/mol. The fourth-order valence-electron chi connectivity index (χ4n) is 2.19. The molecule has 0 radical (unpaired) electrons. The van der Waals surface area contributed by atoms with Crippen molar-refractivity contribution in [3.05, 3.63) is 54.1 Å². The van der Waals surface area contributed by atoms with E-state index in [2.05, 4.69) is 4.74 Å². The molecule has 2 aromatic carbocycles. The van der Waals surface area contributed by atoms with Crippen LogP contribution in [0.25, 0.3) is 11.1 Å². The Hall–Kier alpha value is -2.01. The number of halogens is 3. The minimum atomic E-state index is -4.68. The van der Waals surface area contributed by atoms with Crippen molar-refractivity contribution in [3.8, 4) is 16.9 Å². The Kier molecular flexibility index (Phi) is 5.08. The van der Waals surface area contributed by atoms with Crippen LogP contribution in [0.5, 0.6) is 5.75 Å². The zero-order valence-corrected chi connectivity index (χ0v) is 12.1. The van der Waals surface area contributed by atoms with E-state index in [9.17, 15) is 18.3 Å². The maximum atomic E-state index is 12.1. The van der Waals surface area contributed by atoms with Crippen molar-refractivity contribution in [2.75, 3.05) is 0 Å². The SMILES string of the molecule is CCCC(O)c1ccc(-c2ccc(OC(F)(F)F)cc2)cc1. The van der Waals surface area contributed by atoms with E-state index in [1.54, 1.807) is 12.1 Å². The number of hydrogen-bond acceptors (Lipinski definition) is 2. The summed E-state index contributed by atoms with van der Waals surface area (Å²) >= 11 is 0. The minimum Gasteiger partial charge on any atom is -0.406 e. The van der Waals surface area contributed by atoms with Gasteiger partial charge < -0.3 is 9.84 Å². The lowest BCUT2D eigenvalue weighted by Gasteiger charge is -2.11. The largest absolute Gasteiger partial charge is 0.573 e. The molecule has 0 heterocycles. The lowest BCUT2D eigenvalue weighted by Crippen LogP contribution is -2.16. The number of rotatable bonds is 5. The molecule has 1 atom stereocenters. The topological polar surface area (TPSA) is 29.5 Å². The second kappa shape index (κ2) is 6.83. The van der Waals surface area contributed by atoms with Gasteiger partial charge in [-0.2, -0.15) is 0 Å². The van der Waals surface area contributed by atoms with Crippen LogP contribution in [0.3, 0.4) is 0 Å². The van der Waals surface area contributed by atoms with E-state index >= 15 is 0 Å². The Morgan fingerprint density at radius 3 is 1.91 bits per heavy atom. The van der Waals surface area contributed by atoms with Crippen molar-refractivity contribution in [1.29, 1.82) is 0 Å². The third kappa shape index (κ3) is 4.49. The standard InChI is InChI=1S/C17H17F3O2/c1-2-3-16(21)14-6-4-12(5-7-14)13-8-10-15(11-9-13)22-17(18,19)20/h4-11,16,21H,2-3H2,1H3. The fraction of sp³-hybridized carbons (Fsp3) is 0.294. The summed E-state index contributed by atoms with van der Waals surface area (Å²) in [5.74, 6) is -0.244.